The normalized spacial score (nSPS) is 11.2. The van der Waals surface area contributed by atoms with Gasteiger partial charge in [-0.25, -0.2) is 17.8 Å². The highest BCUT2D eigenvalue weighted by atomic mass is 32.2. The Morgan fingerprint density at radius 3 is 2.55 bits per heavy atom. The first kappa shape index (κ1) is 22.2. The molecule has 1 aromatic heterocycles. The van der Waals surface area contributed by atoms with E-state index < -0.39 is 10.0 Å². The number of benzene rings is 3. The van der Waals surface area contributed by atoms with Crippen LogP contribution in [0.1, 0.15) is 22.3 Å². The zero-order valence-electron chi connectivity index (χ0n) is 17.6. The minimum atomic E-state index is -3.73. The number of anilines is 1. The van der Waals surface area contributed by atoms with E-state index in [1.54, 1.807) is 16.9 Å². The first-order valence-corrected chi connectivity index (χ1v) is 11.7. The second-order valence-corrected chi connectivity index (χ2v) is 9.06. The van der Waals surface area contributed by atoms with Gasteiger partial charge in [-0.3, -0.25) is 4.79 Å². The molecule has 9 heteroatoms. The number of hydrogen-bond acceptors (Lipinski definition) is 5. The second-order valence-electron chi connectivity index (χ2n) is 7.30. The predicted molar refractivity (Wildman–Crippen MR) is 125 cm³/mol. The molecule has 0 unspecified atom stereocenters. The summed E-state index contributed by atoms with van der Waals surface area (Å²) in [6.45, 7) is 0.511. The molecular formula is C24H21N5O3S. The molecule has 0 saturated heterocycles. The molecule has 1 heterocycles. The van der Waals surface area contributed by atoms with Crippen molar-refractivity contribution in [2.75, 3.05) is 11.9 Å². The number of rotatable bonds is 8. The number of carbonyl (C=O) groups is 1. The Kier molecular flexibility index (Phi) is 6.49. The highest BCUT2D eigenvalue weighted by molar-refractivity contribution is 7.89. The van der Waals surface area contributed by atoms with E-state index in [-0.39, 0.29) is 23.8 Å². The van der Waals surface area contributed by atoms with Crippen molar-refractivity contribution in [3.63, 3.8) is 0 Å². The van der Waals surface area contributed by atoms with Crippen molar-refractivity contribution >= 4 is 32.5 Å². The third-order valence-corrected chi connectivity index (χ3v) is 6.59. The van der Waals surface area contributed by atoms with E-state index in [0.29, 0.717) is 17.9 Å². The van der Waals surface area contributed by atoms with Crippen LogP contribution in [0.25, 0.3) is 10.8 Å². The van der Waals surface area contributed by atoms with Crippen LogP contribution in [-0.4, -0.2) is 30.7 Å². The lowest BCUT2D eigenvalue weighted by Gasteiger charge is -2.11. The van der Waals surface area contributed by atoms with E-state index >= 15 is 0 Å². The molecule has 4 aromatic rings. The number of fused-ring (bicyclic) bond motifs is 1. The van der Waals surface area contributed by atoms with Crippen LogP contribution >= 0.6 is 0 Å². The molecule has 166 valence electrons. The van der Waals surface area contributed by atoms with Gasteiger partial charge in [-0.15, -0.1) is 0 Å². The fraction of sp³-hybridized carbons (Fsp3) is 0.125. The molecule has 0 bridgehead atoms. The molecule has 0 radical (unpaired) electrons. The van der Waals surface area contributed by atoms with Crippen molar-refractivity contribution in [1.29, 1.82) is 5.26 Å². The monoisotopic (exact) mass is 459 g/mol. The molecule has 0 aliphatic carbocycles. The Labute approximate surface area is 191 Å². The lowest BCUT2D eigenvalue weighted by Crippen LogP contribution is -2.24. The summed E-state index contributed by atoms with van der Waals surface area (Å²) in [4.78, 5) is 12.8. The number of nitrogens with zero attached hydrogens (tertiary/aromatic N) is 3. The van der Waals surface area contributed by atoms with Gasteiger partial charge in [0.15, 0.2) is 0 Å². The number of nitrogens with one attached hydrogen (secondary N) is 2. The number of nitriles is 1. The molecule has 0 atom stereocenters. The standard InChI is InChI=1S/C24H21N5O3S/c25-14-4-15-27-33(31,32)21-11-9-19(10-12-21)24(30)28-23-13-16-26-29(23)17-20-7-3-6-18-5-1-2-8-22(18)20/h1-3,5-13,16,27H,4,15,17H2,(H,28,30). The summed E-state index contributed by atoms with van der Waals surface area (Å²) < 4.78 is 28.5. The van der Waals surface area contributed by atoms with Crippen molar-refractivity contribution < 1.29 is 13.2 Å². The van der Waals surface area contributed by atoms with Crippen LogP contribution < -0.4 is 10.0 Å². The highest BCUT2D eigenvalue weighted by Crippen LogP contribution is 2.21. The maximum Gasteiger partial charge on any atom is 0.256 e. The molecule has 1 amide bonds. The Bertz CT molecular complexity index is 1430. The minimum Gasteiger partial charge on any atom is -0.307 e. The van der Waals surface area contributed by atoms with Crippen LogP contribution in [0.2, 0.25) is 0 Å². The molecule has 0 aliphatic rings. The molecular weight excluding hydrogens is 438 g/mol. The lowest BCUT2D eigenvalue weighted by atomic mass is 10.0. The Morgan fingerprint density at radius 2 is 1.76 bits per heavy atom. The number of amides is 1. The van der Waals surface area contributed by atoms with Gasteiger partial charge in [0.2, 0.25) is 10.0 Å². The largest absolute Gasteiger partial charge is 0.307 e. The van der Waals surface area contributed by atoms with Gasteiger partial charge >= 0.3 is 0 Å². The fourth-order valence-electron chi connectivity index (χ4n) is 3.46. The Hall–Kier alpha value is -4.00. The van der Waals surface area contributed by atoms with E-state index in [4.69, 9.17) is 5.26 Å². The van der Waals surface area contributed by atoms with Gasteiger partial charge in [-0.2, -0.15) is 10.4 Å². The first-order valence-electron chi connectivity index (χ1n) is 10.2. The molecule has 0 fully saturated rings. The average Bonchev–Trinajstić information content (AvgIpc) is 3.26. The van der Waals surface area contributed by atoms with Gasteiger partial charge in [-0.05, 0) is 40.6 Å². The van der Waals surface area contributed by atoms with Crippen molar-refractivity contribution in [3.05, 3.63) is 90.1 Å². The van der Waals surface area contributed by atoms with Gasteiger partial charge in [0.25, 0.3) is 5.91 Å². The quantitative estimate of drug-likeness (QED) is 0.391. The smallest absolute Gasteiger partial charge is 0.256 e. The summed E-state index contributed by atoms with van der Waals surface area (Å²) in [5, 5.41) is 18.0. The van der Waals surface area contributed by atoms with Crippen molar-refractivity contribution in [3.8, 4) is 6.07 Å². The molecule has 0 saturated carbocycles. The third-order valence-electron chi connectivity index (χ3n) is 5.11. The van der Waals surface area contributed by atoms with Crippen LogP contribution in [-0.2, 0) is 16.6 Å². The van der Waals surface area contributed by atoms with Gasteiger partial charge < -0.3 is 5.32 Å². The first-order chi connectivity index (χ1) is 16.0. The lowest BCUT2D eigenvalue weighted by molar-refractivity contribution is 0.102. The molecule has 0 spiro atoms. The summed E-state index contributed by atoms with van der Waals surface area (Å²) in [6.07, 6.45) is 1.69. The number of sulfonamides is 1. The van der Waals surface area contributed by atoms with Crippen molar-refractivity contribution in [2.24, 2.45) is 0 Å². The molecule has 33 heavy (non-hydrogen) atoms. The summed E-state index contributed by atoms with van der Waals surface area (Å²) in [7, 11) is -3.73. The predicted octanol–water partition coefficient (Wildman–Crippen LogP) is 3.53. The van der Waals surface area contributed by atoms with E-state index in [1.807, 2.05) is 42.5 Å². The van der Waals surface area contributed by atoms with Gasteiger partial charge in [-0.1, -0.05) is 42.5 Å². The molecule has 4 rings (SSSR count). The van der Waals surface area contributed by atoms with E-state index in [9.17, 15) is 13.2 Å². The van der Waals surface area contributed by atoms with Crippen LogP contribution in [0.3, 0.4) is 0 Å². The zero-order chi connectivity index (χ0) is 23.3. The topological polar surface area (TPSA) is 117 Å². The maximum absolute atomic E-state index is 12.7. The SMILES string of the molecule is N#CCCNS(=O)(=O)c1ccc(C(=O)Nc2ccnn2Cc2cccc3ccccc23)cc1. The van der Waals surface area contributed by atoms with Crippen molar-refractivity contribution in [2.45, 2.75) is 17.9 Å². The number of carbonyl (C=O) groups excluding carboxylic acids is 1. The second kappa shape index (κ2) is 9.65. The van der Waals surface area contributed by atoms with E-state index in [0.717, 1.165) is 16.3 Å². The van der Waals surface area contributed by atoms with Crippen LogP contribution in [0.15, 0.2) is 83.9 Å². The van der Waals surface area contributed by atoms with E-state index in [1.165, 1.54) is 24.3 Å². The average molecular weight is 460 g/mol. The van der Waals surface area contributed by atoms with E-state index in [2.05, 4.69) is 21.2 Å². The number of hydrogen-bond donors (Lipinski definition) is 2. The fourth-order valence-corrected chi connectivity index (χ4v) is 4.49. The zero-order valence-corrected chi connectivity index (χ0v) is 18.4. The van der Waals surface area contributed by atoms with Crippen molar-refractivity contribution in [1.82, 2.24) is 14.5 Å². The van der Waals surface area contributed by atoms with Gasteiger partial charge in [0, 0.05) is 24.6 Å². The molecule has 8 nitrogen and oxygen atoms in total. The van der Waals surface area contributed by atoms with Crippen LogP contribution in [0.5, 0.6) is 0 Å². The summed E-state index contributed by atoms with van der Waals surface area (Å²) in [5.74, 6) is 0.152. The Morgan fingerprint density at radius 1 is 1.00 bits per heavy atom. The maximum atomic E-state index is 12.7. The summed E-state index contributed by atoms with van der Waals surface area (Å²) in [6, 6.07) is 23.3. The van der Waals surface area contributed by atoms with Gasteiger partial charge in [0.05, 0.1) is 23.7 Å². The molecule has 0 aliphatic heterocycles. The highest BCUT2D eigenvalue weighted by Gasteiger charge is 2.15. The summed E-state index contributed by atoms with van der Waals surface area (Å²) >= 11 is 0. The van der Waals surface area contributed by atoms with Crippen LogP contribution in [0.4, 0.5) is 5.82 Å². The molecule has 3 aromatic carbocycles. The molecule has 2 N–H and O–H groups in total. The Balaban J connectivity index is 1.48. The number of aromatic nitrogens is 2. The van der Waals surface area contributed by atoms with Crippen LogP contribution in [0, 0.1) is 11.3 Å². The van der Waals surface area contributed by atoms with Gasteiger partial charge in [0.1, 0.15) is 5.82 Å². The minimum absolute atomic E-state index is 0.0259. The third kappa shape index (κ3) is 5.09. The summed E-state index contributed by atoms with van der Waals surface area (Å²) in [5.41, 5.74) is 1.38.